The van der Waals surface area contributed by atoms with Gasteiger partial charge in [-0.05, 0) is 86.8 Å². The van der Waals surface area contributed by atoms with Gasteiger partial charge >= 0.3 is 6.18 Å². The van der Waals surface area contributed by atoms with Crippen molar-refractivity contribution in [2.45, 2.75) is 132 Å². The van der Waals surface area contributed by atoms with E-state index in [0.717, 1.165) is 104 Å². The first-order valence-electron chi connectivity index (χ1n) is 20.7. The number of anilines is 2. The minimum atomic E-state index is -4.29. The Morgan fingerprint density at radius 2 is 1.75 bits per heavy atom. The second-order valence-corrected chi connectivity index (χ2v) is 15.8. The van der Waals surface area contributed by atoms with Gasteiger partial charge in [0.1, 0.15) is 0 Å². The van der Waals surface area contributed by atoms with Crippen molar-refractivity contribution < 1.29 is 27.8 Å². The number of hydrogen-bond donors (Lipinski definition) is 2. The fraction of sp³-hybridized carbons (Fsp3) is 0.574. The number of nitrogens with one attached hydrogen (secondary N) is 1. The fourth-order valence-corrected chi connectivity index (χ4v) is 6.47. The number of Topliss-reactive ketones (excluding diaryl/α,β-unsaturated/α-hetero) is 1. The van der Waals surface area contributed by atoms with Crippen molar-refractivity contribution in [2.24, 2.45) is 23.7 Å². The number of hydrogen-bond acceptors (Lipinski definition) is 6. The Balaban J connectivity index is 0.000000425. The number of rotatable bonds is 18. The van der Waals surface area contributed by atoms with Crippen LogP contribution in [0.5, 0.6) is 0 Å². The maximum absolute atomic E-state index is 12.6. The average Bonchev–Trinajstić information content (AvgIpc) is 3.16. The molecule has 1 fully saturated rings. The summed E-state index contributed by atoms with van der Waals surface area (Å²) < 4.78 is 42.6. The van der Waals surface area contributed by atoms with Gasteiger partial charge in [-0.25, -0.2) is 4.98 Å². The Kier molecular flexibility index (Phi) is 20.9. The zero-order valence-electron chi connectivity index (χ0n) is 35.7. The molecule has 1 aromatic heterocycles. The van der Waals surface area contributed by atoms with E-state index < -0.39 is 11.7 Å². The Labute approximate surface area is 336 Å². The molecule has 6 nitrogen and oxygen atoms in total. The highest BCUT2D eigenvalue weighted by molar-refractivity contribution is 6.01. The van der Waals surface area contributed by atoms with Gasteiger partial charge in [0, 0.05) is 41.6 Å². The number of allylic oxidation sites excluding steroid dienone is 6. The van der Waals surface area contributed by atoms with Crippen LogP contribution in [0.3, 0.4) is 0 Å². The Morgan fingerprint density at radius 3 is 2.27 bits per heavy atom. The van der Waals surface area contributed by atoms with Crippen molar-refractivity contribution >= 4 is 28.2 Å². The maximum atomic E-state index is 12.6. The predicted octanol–water partition coefficient (Wildman–Crippen LogP) is 13.5. The van der Waals surface area contributed by atoms with E-state index in [4.69, 9.17) is 9.72 Å². The summed E-state index contributed by atoms with van der Waals surface area (Å²) >= 11 is 0. The van der Waals surface area contributed by atoms with E-state index in [1.54, 1.807) is 13.0 Å². The average molecular weight is 782 g/mol. The molecule has 2 aliphatic heterocycles. The number of unbranched alkanes of at least 4 members (excludes halogenated alkanes) is 1. The molecule has 2 aromatic rings. The zero-order chi connectivity index (χ0) is 42.0. The molecule has 0 aliphatic carbocycles. The third-order valence-corrected chi connectivity index (χ3v) is 10.5. The van der Waals surface area contributed by atoms with Crippen molar-refractivity contribution in [2.75, 3.05) is 30.0 Å². The molecule has 0 amide bonds. The lowest BCUT2D eigenvalue weighted by molar-refractivity contribution is -0.0882. The molecule has 3 heterocycles. The number of halogens is 3. The number of aromatic nitrogens is 1. The normalized spacial score (nSPS) is 16.4. The van der Waals surface area contributed by atoms with Crippen LogP contribution in [0.15, 0.2) is 78.8 Å². The molecule has 4 rings (SSSR count). The molecule has 1 saturated heterocycles. The van der Waals surface area contributed by atoms with Crippen LogP contribution in [0.2, 0.25) is 0 Å². The first kappa shape index (κ1) is 48.5. The molecule has 1 aromatic carbocycles. The van der Waals surface area contributed by atoms with Crippen molar-refractivity contribution in [1.82, 2.24) is 4.98 Å². The lowest BCUT2D eigenvalue weighted by Gasteiger charge is -2.36. The number of aliphatic hydroxyl groups is 1. The zero-order valence-corrected chi connectivity index (χ0v) is 35.7. The van der Waals surface area contributed by atoms with Crippen molar-refractivity contribution in [3.63, 3.8) is 0 Å². The van der Waals surface area contributed by atoms with E-state index in [1.165, 1.54) is 5.56 Å². The van der Waals surface area contributed by atoms with Crippen LogP contribution in [-0.2, 0) is 4.74 Å². The van der Waals surface area contributed by atoms with Crippen molar-refractivity contribution in [3.8, 4) is 0 Å². The molecule has 4 atom stereocenters. The standard InChI is InChI=1S/C30H43N3O2.C13H19F3.C4H8O/c1-8-19(3)16-24(11-10-20(4)18-34)22(6)33-15-14-31-30-29(33)28(21(5)9-2)26-13-12-25(23(7)35)17-27(26)32-30;1-4-6-7-9-12(13(14,15)16)10-11(3)8-5-2;1-4-2-5-3-4/h12-15,17,19-21,24,34H,6,8-11,16,18H2,1-5,7H3,(H,31,32);7,9-10H,3-6,8H2,1-2H3;4H,2-3H2,1H3/b;9-7-,12-10+;/t19?,20-,21?,24?;;/m0../s1. The first-order valence-corrected chi connectivity index (χ1v) is 20.7. The van der Waals surface area contributed by atoms with E-state index in [9.17, 15) is 23.1 Å². The highest BCUT2D eigenvalue weighted by Crippen LogP contribution is 2.45. The number of carbonyl (C=O) groups is 1. The molecular weight excluding hydrogens is 712 g/mol. The highest BCUT2D eigenvalue weighted by Gasteiger charge is 2.32. The van der Waals surface area contributed by atoms with Gasteiger partial charge in [-0.2, -0.15) is 13.2 Å². The second kappa shape index (κ2) is 24.2. The summed E-state index contributed by atoms with van der Waals surface area (Å²) in [6.07, 6.45) is 11.6. The van der Waals surface area contributed by atoms with Gasteiger partial charge < -0.3 is 20.1 Å². The van der Waals surface area contributed by atoms with Crippen LogP contribution >= 0.6 is 0 Å². The summed E-state index contributed by atoms with van der Waals surface area (Å²) in [5, 5.41) is 14.0. The van der Waals surface area contributed by atoms with Gasteiger partial charge in [0.2, 0.25) is 0 Å². The van der Waals surface area contributed by atoms with E-state index in [2.05, 4.69) is 77.2 Å². The quantitative estimate of drug-likeness (QED) is 0.116. The van der Waals surface area contributed by atoms with Crippen LogP contribution < -0.4 is 10.2 Å². The molecule has 0 saturated carbocycles. The molecule has 2 aliphatic rings. The summed E-state index contributed by atoms with van der Waals surface area (Å²) in [6.45, 7) is 29.2. The number of alkyl halides is 3. The number of ketones is 1. The number of pyridine rings is 1. The summed E-state index contributed by atoms with van der Waals surface area (Å²) in [6, 6.07) is 5.88. The molecule has 2 N–H and O–H groups in total. The molecule has 3 unspecified atom stereocenters. The van der Waals surface area contributed by atoms with Gasteiger partial charge in [0.25, 0.3) is 0 Å². The van der Waals surface area contributed by atoms with Crippen LogP contribution in [0.4, 0.5) is 24.7 Å². The third-order valence-electron chi connectivity index (χ3n) is 10.5. The van der Waals surface area contributed by atoms with Crippen LogP contribution in [0.1, 0.15) is 142 Å². The van der Waals surface area contributed by atoms with E-state index >= 15 is 0 Å². The lowest BCUT2D eigenvalue weighted by atomic mass is 9.85. The highest BCUT2D eigenvalue weighted by atomic mass is 19.4. The number of benzene rings is 1. The molecule has 0 spiro atoms. The maximum Gasteiger partial charge on any atom is 0.416 e. The topological polar surface area (TPSA) is 74.7 Å². The summed E-state index contributed by atoms with van der Waals surface area (Å²) in [5.41, 5.74) is 4.83. The first-order chi connectivity index (χ1) is 26.5. The number of ether oxygens (including phenoxy) is 1. The number of carbonyl (C=O) groups excluding carboxylic acids is 1. The monoisotopic (exact) mass is 782 g/mol. The fourth-order valence-electron chi connectivity index (χ4n) is 6.47. The van der Waals surface area contributed by atoms with E-state index in [-0.39, 0.29) is 18.3 Å². The second-order valence-electron chi connectivity index (χ2n) is 15.8. The van der Waals surface area contributed by atoms with Gasteiger partial charge in [0.05, 0.1) is 30.0 Å². The molecule has 56 heavy (non-hydrogen) atoms. The summed E-state index contributed by atoms with van der Waals surface area (Å²) in [4.78, 5) is 19.2. The molecule has 312 valence electrons. The van der Waals surface area contributed by atoms with E-state index in [0.29, 0.717) is 41.7 Å². The Bertz CT molecular complexity index is 1660. The Morgan fingerprint density at radius 1 is 1.07 bits per heavy atom. The summed E-state index contributed by atoms with van der Waals surface area (Å²) in [5.74, 6) is 3.20. The van der Waals surface area contributed by atoms with Gasteiger partial charge in [0.15, 0.2) is 11.6 Å². The molecule has 0 bridgehead atoms. The molecule has 9 heteroatoms. The molecular formula is C47H70F3N3O3. The third kappa shape index (κ3) is 15.0. The van der Waals surface area contributed by atoms with Crippen molar-refractivity contribution in [1.29, 1.82) is 0 Å². The van der Waals surface area contributed by atoms with Gasteiger partial charge in [-0.15, -0.1) is 0 Å². The lowest BCUT2D eigenvalue weighted by Crippen LogP contribution is -2.28. The van der Waals surface area contributed by atoms with Gasteiger partial charge in [-0.3, -0.25) is 4.79 Å². The van der Waals surface area contributed by atoms with E-state index in [1.807, 2.05) is 32.2 Å². The Hall–Kier alpha value is -3.69. The van der Waals surface area contributed by atoms with Crippen LogP contribution in [0, 0.1) is 23.7 Å². The predicted molar refractivity (Wildman–Crippen MR) is 230 cm³/mol. The number of nitrogens with zero attached hydrogens (tertiary/aromatic N) is 2. The van der Waals surface area contributed by atoms with Crippen molar-refractivity contribution in [3.05, 3.63) is 90.0 Å². The SMILES string of the molecule is C=C(/C=C(\C=C/CCC)C(F)(F)F)CCC.C=C(C(CC[C@H](C)CO)CC(C)CC)N1C=CNc2nc3cc(C(C)=O)ccc3c(C(C)CC)c21.CC1COC1. The minimum Gasteiger partial charge on any atom is -0.396 e. The molecule has 0 radical (unpaired) electrons. The number of fused-ring (bicyclic) bond motifs is 2. The van der Waals surface area contributed by atoms with Gasteiger partial charge in [-0.1, -0.05) is 118 Å². The van der Waals surface area contributed by atoms with Crippen LogP contribution in [0.25, 0.3) is 10.9 Å². The van der Waals surface area contributed by atoms with Crippen LogP contribution in [-0.4, -0.2) is 41.9 Å². The summed E-state index contributed by atoms with van der Waals surface area (Å²) in [7, 11) is 0. The minimum absolute atomic E-state index is 0.0457. The largest absolute Gasteiger partial charge is 0.416 e. The smallest absolute Gasteiger partial charge is 0.396 e. The number of aliphatic hydroxyl groups excluding tert-OH is 1.